The summed E-state index contributed by atoms with van der Waals surface area (Å²) in [4.78, 5) is 26.0. The van der Waals surface area contributed by atoms with Gasteiger partial charge in [0.2, 0.25) is 11.8 Å². The normalized spacial score (nSPS) is 17.0. The molecule has 206 valence electrons. The van der Waals surface area contributed by atoms with Crippen LogP contribution in [0.4, 0.5) is 11.4 Å². The fraction of sp³-hybridized carbons (Fsp3) is 0.588. The Kier molecular flexibility index (Phi) is 9.68. The maximum atomic E-state index is 13.0. The van der Waals surface area contributed by atoms with Crippen LogP contribution >= 0.6 is 0 Å². The van der Waals surface area contributed by atoms with Crippen molar-refractivity contribution in [2.45, 2.75) is 118 Å². The zero-order chi connectivity index (χ0) is 27.2. The lowest BCUT2D eigenvalue weighted by Gasteiger charge is -2.24. The first-order chi connectivity index (χ1) is 18.3. The van der Waals surface area contributed by atoms with Gasteiger partial charge in [-0.1, -0.05) is 83.6 Å². The SMILES string of the molecule is CCc1cc(Cc2cc(C)c(NC(=O)C3CCCCC3)c(C(C)C)c2)cc(C)c1NC(=O)C1CCCCC1. The van der Waals surface area contributed by atoms with Crippen LogP contribution in [0.2, 0.25) is 0 Å². The van der Waals surface area contributed by atoms with Crippen LogP contribution in [0.3, 0.4) is 0 Å². The van der Waals surface area contributed by atoms with Crippen LogP contribution in [0.15, 0.2) is 24.3 Å². The van der Waals surface area contributed by atoms with Crippen LogP contribution in [0, 0.1) is 25.7 Å². The van der Waals surface area contributed by atoms with Gasteiger partial charge in [-0.2, -0.15) is 0 Å². The van der Waals surface area contributed by atoms with E-state index in [-0.39, 0.29) is 23.7 Å². The predicted octanol–water partition coefficient (Wildman–Crippen LogP) is 8.62. The number of nitrogens with one attached hydrogen (secondary N) is 2. The van der Waals surface area contributed by atoms with Gasteiger partial charge in [-0.15, -0.1) is 0 Å². The summed E-state index contributed by atoms with van der Waals surface area (Å²) in [7, 11) is 0. The van der Waals surface area contributed by atoms with E-state index in [0.717, 1.165) is 86.7 Å². The van der Waals surface area contributed by atoms with E-state index in [2.05, 4.69) is 69.5 Å². The summed E-state index contributed by atoms with van der Waals surface area (Å²) >= 11 is 0. The molecule has 38 heavy (non-hydrogen) atoms. The molecule has 2 aromatic carbocycles. The summed E-state index contributed by atoms with van der Waals surface area (Å²) in [6, 6.07) is 9.03. The Morgan fingerprint density at radius 2 is 1.21 bits per heavy atom. The van der Waals surface area contributed by atoms with E-state index >= 15 is 0 Å². The van der Waals surface area contributed by atoms with E-state index in [1.54, 1.807) is 0 Å². The molecule has 2 fully saturated rings. The van der Waals surface area contributed by atoms with Gasteiger partial charge < -0.3 is 10.6 Å². The van der Waals surface area contributed by atoms with Gasteiger partial charge in [0.15, 0.2) is 0 Å². The Morgan fingerprint density at radius 1 is 0.737 bits per heavy atom. The van der Waals surface area contributed by atoms with Gasteiger partial charge in [-0.3, -0.25) is 9.59 Å². The number of aryl methyl sites for hydroxylation is 3. The Hall–Kier alpha value is -2.62. The highest BCUT2D eigenvalue weighted by molar-refractivity contribution is 5.95. The van der Waals surface area contributed by atoms with Crippen molar-refractivity contribution in [2.24, 2.45) is 11.8 Å². The summed E-state index contributed by atoms with van der Waals surface area (Å²) < 4.78 is 0. The number of carbonyl (C=O) groups excluding carboxylic acids is 2. The molecule has 0 spiro atoms. The molecule has 0 unspecified atom stereocenters. The van der Waals surface area contributed by atoms with Crippen molar-refractivity contribution < 1.29 is 9.59 Å². The third-order valence-corrected chi connectivity index (χ3v) is 8.76. The minimum absolute atomic E-state index is 0.149. The molecule has 0 bridgehead atoms. The molecule has 4 nitrogen and oxygen atoms in total. The highest BCUT2D eigenvalue weighted by Gasteiger charge is 2.24. The van der Waals surface area contributed by atoms with Crippen LogP contribution in [0.5, 0.6) is 0 Å². The van der Waals surface area contributed by atoms with Crippen molar-refractivity contribution in [2.75, 3.05) is 10.6 Å². The fourth-order valence-electron chi connectivity index (χ4n) is 6.54. The maximum Gasteiger partial charge on any atom is 0.227 e. The fourth-order valence-corrected chi connectivity index (χ4v) is 6.54. The number of hydrogen-bond donors (Lipinski definition) is 2. The molecule has 0 atom stereocenters. The van der Waals surface area contributed by atoms with E-state index in [9.17, 15) is 9.59 Å². The third-order valence-electron chi connectivity index (χ3n) is 8.76. The molecule has 0 saturated heterocycles. The molecule has 2 N–H and O–H groups in total. The van der Waals surface area contributed by atoms with Crippen molar-refractivity contribution in [3.63, 3.8) is 0 Å². The molecule has 4 rings (SSSR count). The molecule has 2 aliphatic carbocycles. The van der Waals surface area contributed by atoms with Gasteiger partial charge >= 0.3 is 0 Å². The Balaban J connectivity index is 1.54. The number of benzene rings is 2. The van der Waals surface area contributed by atoms with Crippen LogP contribution in [0.1, 0.15) is 124 Å². The third kappa shape index (κ3) is 6.87. The first-order valence-electron chi connectivity index (χ1n) is 15.1. The molecule has 2 aliphatic rings. The Bertz CT molecular complexity index is 1140. The standard InChI is InChI=1S/C34H48N2O2/c1-6-27-20-25(17-23(4)31(27)35-33(37)28-13-9-7-10-14-28)19-26-18-24(5)32(30(21-26)22(2)3)36-34(38)29-15-11-8-12-16-29/h17-18,20-22,28-29H,6-16,19H2,1-5H3,(H,35,37)(H,36,38). The van der Waals surface area contributed by atoms with E-state index in [0.29, 0.717) is 5.92 Å². The van der Waals surface area contributed by atoms with Crippen molar-refractivity contribution in [1.29, 1.82) is 0 Å². The molecule has 2 aromatic rings. The van der Waals surface area contributed by atoms with Gasteiger partial charge in [0, 0.05) is 23.2 Å². The highest BCUT2D eigenvalue weighted by atomic mass is 16.2. The summed E-state index contributed by atoms with van der Waals surface area (Å²) in [5.74, 6) is 1.01. The predicted molar refractivity (Wildman–Crippen MR) is 159 cm³/mol. The van der Waals surface area contributed by atoms with Gasteiger partial charge in [-0.25, -0.2) is 0 Å². The summed E-state index contributed by atoms with van der Waals surface area (Å²) in [5.41, 5.74) is 9.25. The van der Waals surface area contributed by atoms with Gasteiger partial charge in [0.05, 0.1) is 0 Å². The quantitative estimate of drug-likeness (QED) is 0.369. The Labute approximate surface area is 230 Å². The average Bonchev–Trinajstić information content (AvgIpc) is 2.92. The molecule has 2 amide bonds. The summed E-state index contributed by atoms with van der Waals surface area (Å²) in [6.07, 6.45) is 12.9. The molecular formula is C34H48N2O2. The molecule has 0 radical (unpaired) electrons. The lowest BCUT2D eigenvalue weighted by atomic mass is 9.87. The maximum absolute atomic E-state index is 13.0. The van der Waals surface area contributed by atoms with Crippen LogP contribution in [-0.2, 0) is 22.4 Å². The highest BCUT2D eigenvalue weighted by Crippen LogP contribution is 2.34. The van der Waals surface area contributed by atoms with Crippen molar-refractivity contribution in [3.8, 4) is 0 Å². The average molecular weight is 517 g/mol. The zero-order valence-corrected chi connectivity index (χ0v) is 24.3. The molecule has 4 heteroatoms. The van der Waals surface area contributed by atoms with Gasteiger partial charge in [0.1, 0.15) is 0 Å². The van der Waals surface area contributed by atoms with E-state index in [1.807, 2.05) is 0 Å². The van der Waals surface area contributed by atoms with Crippen molar-refractivity contribution in [1.82, 2.24) is 0 Å². The second-order valence-electron chi connectivity index (χ2n) is 12.2. The minimum atomic E-state index is 0.149. The zero-order valence-electron chi connectivity index (χ0n) is 24.3. The van der Waals surface area contributed by atoms with Crippen molar-refractivity contribution >= 4 is 23.2 Å². The second-order valence-corrected chi connectivity index (χ2v) is 12.2. The van der Waals surface area contributed by atoms with Crippen LogP contribution in [0.25, 0.3) is 0 Å². The van der Waals surface area contributed by atoms with E-state index in [1.165, 1.54) is 35.1 Å². The van der Waals surface area contributed by atoms with Gasteiger partial charge in [0.25, 0.3) is 0 Å². The first-order valence-corrected chi connectivity index (χ1v) is 15.1. The summed E-state index contributed by atoms with van der Waals surface area (Å²) in [5, 5.41) is 6.62. The number of amides is 2. The number of rotatable bonds is 8. The van der Waals surface area contributed by atoms with Crippen LogP contribution in [-0.4, -0.2) is 11.8 Å². The number of anilines is 2. The van der Waals surface area contributed by atoms with Crippen LogP contribution < -0.4 is 10.6 Å². The first kappa shape index (κ1) is 28.4. The van der Waals surface area contributed by atoms with E-state index in [4.69, 9.17) is 0 Å². The molecule has 0 heterocycles. The van der Waals surface area contributed by atoms with E-state index < -0.39 is 0 Å². The number of hydrogen-bond acceptors (Lipinski definition) is 2. The largest absolute Gasteiger partial charge is 0.325 e. The lowest BCUT2D eigenvalue weighted by molar-refractivity contribution is -0.121. The van der Waals surface area contributed by atoms with Crippen molar-refractivity contribution in [3.05, 3.63) is 57.6 Å². The topological polar surface area (TPSA) is 58.2 Å². The monoisotopic (exact) mass is 516 g/mol. The molecule has 2 saturated carbocycles. The number of carbonyl (C=O) groups is 2. The lowest BCUT2D eigenvalue weighted by Crippen LogP contribution is -2.26. The Morgan fingerprint density at radius 3 is 1.71 bits per heavy atom. The molecule has 0 aromatic heterocycles. The molecule has 0 aliphatic heterocycles. The smallest absolute Gasteiger partial charge is 0.227 e. The minimum Gasteiger partial charge on any atom is -0.325 e. The summed E-state index contributed by atoms with van der Waals surface area (Å²) in [6.45, 7) is 10.8. The molecular weight excluding hydrogens is 468 g/mol. The second kappa shape index (κ2) is 13.0. The van der Waals surface area contributed by atoms with Gasteiger partial charge in [-0.05, 0) is 91.7 Å².